The number of aryl methyl sites for hydroxylation is 3. The first-order valence-corrected chi connectivity index (χ1v) is 8.40. The number of aromatic amines is 1. The number of nitrogens with zero attached hydrogens (tertiary/aromatic N) is 2. The molecule has 0 aliphatic carbocycles. The lowest BCUT2D eigenvalue weighted by Gasteiger charge is -2.10. The number of carbonyl (C=O) groups is 1. The van der Waals surface area contributed by atoms with Gasteiger partial charge >= 0.3 is 0 Å². The van der Waals surface area contributed by atoms with Crippen molar-refractivity contribution in [3.63, 3.8) is 0 Å². The Morgan fingerprint density at radius 3 is 2.62 bits per heavy atom. The van der Waals surface area contributed by atoms with Crippen LogP contribution < -0.4 is 5.32 Å². The summed E-state index contributed by atoms with van der Waals surface area (Å²) in [6.45, 7) is 10.6. The topological polar surface area (TPSA) is 62.7 Å². The molecule has 128 valence electrons. The fourth-order valence-electron chi connectivity index (χ4n) is 2.55. The molecule has 2 N–H and O–H groups in total. The Hall–Kier alpha value is -2.21. The van der Waals surface area contributed by atoms with E-state index in [4.69, 9.17) is 12.2 Å². The number of rotatable bonds is 5. The van der Waals surface area contributed by atoms with Crippen molar-refractivity contribution < 1.29 is 4.79 Å². The molecule has 6 heteroatoms. The van der Waals surface area contributed by atoms with Crippen LogP contribution in [0, 0.1) is 25.5 Å². The van der Waals surface area contributed by atoms with Crippen molar-refractivity contribution in [2.75, 3.05) is 0 Å². The van der Waals surface area contributed by atoms with Crippen LogP contribution in [-0.2, 0) is 11.3 Å². The van der Waals surface area contributed by atoms with Gasteiger partial charge in [0.05, 0.1) is 6.54 Å². The predicted octanol–water partition coefficient (Wildman–Crippen LogP) is 3.78. The van der Waals surface area contributed by atoms with Crippen molar-refractivity contribution in [2.24, 2.45) is 0 Å². The molecular formula is C18H24N4OS. The molecule has 2 aromatic rings. The Balaban J connectivity index is 2.04. The lowest BCUT2D eigenvalue weighted by Crippen LogP contribution is -2.23. The van der Waals surface area contributed by atoms with E-state index in [9.17, 15) is 4.79 Å². The van der Waals surface area contributed by atoms with E-state index >= 15 is 0 Å². The zero-order valence-corrected chi connectivity index (χ0v) is 15.6. The summed E-state index contributed by atoms with van der Waals surface area (Å²) < 4.78 is 2.46. The van der Waals surface area contributed by atoms with Crippen molar-refractivity contribution in [1.82, 2.24) is 20.1 Å². The van der Waals surface area contributed by atoms with Crippen LogP contribution in [0.25, 0.3) is 6.08 Å². The molecule has 0 saturated heterocycles. The van der Waals surface area contributed by atoms with Gasteiger partial charge in [0, 0.05) is 12.1 Å². The summed E-state index contributed by atoms with van der Waals surface area (Å²) in [6, 6.07) is 4.42. The highest BCUT2D eigenvalue weighted by molar-refractivity contribution is 7.71. The maximum atomic E-state index is 12.1. The maximum Gasteiger partial charge on any atom is 0.244 e. The van der Waals surface area contributed by atoms with E-state index in [0.29, 0.717) is 11.3 Å². The van der Waals surface area contributed by atoms with Gasteiger partial charge in [-0.25, -0.2) is 0 Å². The number of nitrogens with one attached hydrogen (secondary N) is 2. The molecule has 1 aromatic carbocycles. The first-order chi connectivity index (χ1) is 11.3. The zero-order valence-electron chi connectivity index (χ0n) is 14.8. The van der Waals surface area contributed by atoms with Crippen LogP contribution in [0.4, 0.5) is 0 Å². The van der Waals surface area contributed by atoms with Crippen LogP contribution in [0.5, 0.6) is 0 Å². The maximum absolute atomic E-state index is 12.1. The van der Waals surface area contributed by atoms with Gasteiger partial charge in [-0.15, -0.1) is 0 Å². The SMILES string of the molecule is Cc1cc(C)c(/C=C/C(=O)NCc2n[nH]c(=S)n2C(C)C)cc1C. The van der Waals surface area contributed by atoms with Crippen molar-refractivity contribution in [2.45, 2.75) is 47.2 Å². The van der Waals surface area contributed by atoms with E-state index in [0.717, 1.165) is 17.0 Å². The smallest absolute Gasteiger partial charge is 0.244 e. The largest absolute Gasteiger partial charge is 0.345 e. The van der Waals surface area contributed by atoms with Gasteiger partial charge in [0.2, 0.25) is 5.91 Å². The van der Waals surface area contributed by atoms with Crippen molar-refractivity contribution in [1.29, 1.82) is 0 Å². The van der Waals surface area contributed by atoms with E-state index in [1.165, 1.54) is 11.1 Å². The van der Waals surface area contributed by atoms with Crippen LogP contribution in [-0.4, -0.2) is 20.7 Å². The Morgan fingerprint density at radius 1 is 1.29 bits per heavy atom. The minimum absolute atomic E-state index is 0.156. The molecule has 2 rings (SSSR count). The lowest BCUT2D eigenvalue weighted by atomic mass is 10.0. The Labute approximate surface area is 147 Å². The summed E-state index contributed by atoms with van der Waals surface area (Å²) in [5.41, 5.74) is 4.68. The van der Waals surface area contributed by atoms with E-state index in [-0.39, 0.29) is 11.9 Å². The summed E-state index contributed by atoms with van der Waals surface area (Å²) in [5.74, 6) is 0.566. The van der Waals surface area contributed by atoms with Crippen LogP contribution in [0.1, 0.15) is 48.0 Å². The molecule has 0 bridgehead atoms. The molecule has 0 aliphatic heterocycles. The molecule has 0 unspecified atom stereocenters. The molecule has 1 amide bonds. The molecule has 0 atom stereocenters. The average Bonchev–Trinajstić information content (AvgIpc) is 2.88. The molecule has 24 heavy (non-hydrogen) atoms. The molecule has 1 heterocycles. The second-order valence-electron chi connectivity index (χ2n) is 6.25. The highest BCUT2D eigenvalue weighted by Crippen LogP contribution is 2.16. The number of aromatic nitrogens is 3. The highest BCUT2D eigenvalue weighted by Gasteiger charge is 2.09. The summed E-state index contributed by atoms with van der Waals surface area (Å²) in [6.07, 6.45) is 3.40. The van der Waals surface area contributed by atoms with E-state index in [2.05, 4.69) is 41.5 Å². The summed E-state index contributed by atoms with van der Waals surface area (Å²) >= 11 is 5.20. The first kappa shape index (κ1) is 18.1. The third kappa shape index (κ3) is 4.20. The monoisotopic (exact) mass is 344 g/mol. The Morgan fingerprint density at radius 2 is 1.96 bits per heavy atom. The van der Waals surface area contributed by atoms with Gasteiger partial charge < -0.3 is 9.88 Å². The van der Waals surface area contributed by atoms with Crippen molar-refractivity contribution >= 4 is 24.2 Å². The number of carbonyl (C=O) groups excluding carboxylic acids is 1. The number of H-pyrrole nitrogens is 1. The predicted molar refractivity (Wildman–Crippen MR) is 99.3 cm³/mol. The van der Waals surface area contributed by atoms with Crippen LogP contribution in [0.15, 0.2) is 18.2 Å². The molecule has 0 spiro atoms. The lowest BCUT2D eigenvalue weighted by molar-refractivity contribution is -0.116. The van der Waals surface area contributed by atoms with Gasteiger partial charge in [0.15, 0.2) is 10.6 Å². The van der Waals surface area contributed by atoms with Gasteiger partial charge in [0.25, 0.3) is 0 Å². The van der Waals surface area contributed by atoms with Crippen molar-refractivity contribution in [3.8, 4) is 0 Å². The van der Waals surface area contributed by atoms with Gasteiger partial charge in [-0.05, 0) is 75.2 Å². The summed E-state index contributed by atoms with van der Waals surface area (Å²) in [7, 11) is 0. The molecule has 0 radical (unpaired) electrons. The van der Waals surface area contributed by atoms with Gasteiger partial charge in [-0.1, -0.05) is 12.1 Å². The molecule has 0 fully saturated rings. The van der Waals surface area contributed by atoms with Crippen molar-refractivity contribution in [3.05, 3.63) is 51.1 Å². The fraction of sp³-hybridized carbons (Fsp3) is 0.389. The minimum atomic E-state index is -0.156. The minimum Gasteiger partial charge on any atom is -0.345 e. The standard InChI is InChI=1S/C18H24N4OS/c1-11(2)22-16(20-21-18(22)24)10-19-17(23)7-6-15-9-13(4)12(3)8-14(15)5/h6-9,11H,10H2,1-5H3,(H,19,23)(H,21,24)/b7-6+. The van der Waals surface area contributed by atoms with Crippen LogP contribution in [0.2, 0.25) is 0 Å². The highest BCUT2D eigenvalue weighted by atomic mass is 32.1. The first-order valence-electron chi connectivity index (χ1n) is 7.99. The summed E-state index contributed by atoms with van der Waals surface area (Å²) in [4.78, 5) is 12.1. The quantitative estimate of drug-likeness (QED) is 0.641. The van der Waals surface area contributed by atoms with Crippen LogP contribution in [0.3, 0.4) is 0 Å². The fourth-order valence-corrected chi connectivity index (χ4v) is 2.91. The molecule has 0 aliphatic rings. The number of hydrogen-bond donors (Lipinski definition) is 2. The zero-order chi connectivity index (χ0) is 17.9. The average molecular weight is 344 g/mol. The number of benzene rings is 1. The van der Waals surface area contributed by atoms with E-state index in [1.54, 1.807) is 6.08 Å². The van der Waals surface area contributed by atoms with Gasteiger partial charge in [0.1, 0.15) is 0 Å². The van der Waals surface area contributed by atoms with Crippen LogP contribution >= 0.6 is 12.2 Å². The third-order valence-corrected chi connectivity index (χ3v) is 4.30. The second kappa shape index (κ2) is 7.57. The molecule has 5 nitrogen and oxygen atoms in total. The number of hydrogen-bond acceptors (Lipinski definition) is 3. The molecule has 1 aromatic heterocycles. The normalized spacial score (nSPS) is 11.4. The van der Waals surface area contributed by atoms with Gasteiger partial charge in [-0.3, -0.25) is 9.89 Å². The third-order valence-electron chi connectivity index (χ3n) is 4.01. The molecular weight excluding hydrogens is 320 g/mol. The Kier molecular flexibility index (Phi) is 5.72. The second-order valence-corrected chi connectivity index (χ2v) is 6.64. The van der Waals surface area contributed by atoms with E-state index in [1.807, 2.05) is 31.4 Å². The van der Waals surface area contributed by atoms with E-state index < -0.39 is 0 Å². The Bertz CT molecular complexity index is 830. The number of amides is 1. The van der Waals surface area contributed by atoms with Gasteiger partial charge in [-0.2, -0.15) is 5.10 Å². The molecule has 0 saturated carbocycles. The summed E-state index contributed by atoms with van der Waals surface area (Å²) in [5, 5.41) is 9.78.